The monoisotopic (exact) mass is 311 g/mol. The Kier molecular flexibility index (Phi) is 7.00. The van der Waals surface area contributed by atoms with Crippen molar-refractivity contribution < 1.29 is 14.3 Å². The number of alkyl carbamates (subject to hydrolysis) is 1. The molecular weight excluding hydrogens is 282 g/mol. The average Bonchev–Trinajstić information content (AvgIpc) is 2.79. The first-order valence-electron chi connectivity index (χ1n) is 7.90. The minimum absolute atomic E-state index is 0.402. The summed E-state index contributed by atoms with van der Waals surface area (Å²) in [4.78, 5) is 21.0. The van der Waals surface area contributed by atoms with E-state index in [0.717, 1.165) is 25.0 Å². The van der Waals surface area contributed by atoms with E-state index in [9.17, 15) is 4.79 Å². The zero-order valence-electron chi connectivity index (χ0n) is 14.4. The molecule has 0 saturated carbocycles. The Morgan fingerprint density at radius 2 is 2.09 bits per heavy atom. The molecule has 1 rings (SSSR count). The number of amides is 1. The molecule has 1 unspecified atom stereocenters. The largest absolute Gasteiger partial charge is 0.444 e. The molecule has 0 aromatic rings. The summed E-state index contributed by atoms with van der Waals surface area (Å²) in [6, 6.07) is 0. The fourth-order valence-electron chi connectivity index (χ4n) is 2.24. The molecule has 0 radical (unpaired) electrons. The molecule has 0 bridgehead atoms. The van der Waals surface area contributed by atoms with Crippen molar-refractivity contribution >= 4 is 18.0 Å². The van der Waals surface area contributed by atoms with Gasteiger partial charge >= 0.3 is 6.09 Å². The molecule has 0 aromatic heterocycles. The zero-order chi connectivity index (χ0) is 16.6. The normalized spacial score (nSPS) is 20.9. The minimum atomic E-state index is -0.487. The Morgan fingerprint density at radius 1 is 1.36 bits per heavy atom. The topological polar surface area (TPSA) is 72.3 Å². The second-order valence-electron chi connectivity index (χ2n) is 6.56. The predicted octanol–water partition coefficient (Wildman–Crippen LogP) is 2.96. The molecule has 6 heteroatoms. The van der Waals surface area contributed by atoms with Crippen LogP contribution in [0, 0.1) is 0 Å². The molecule has 1 aliphatic rings. The fraction of sp³-hybridized carbons (Fsp3) is 0.812. The highest BCUT2D eigenvalue weighted by atomic mass is 16.6. The molecule has 0 fully saturated rings. The number of ether oxygens (including phenoxy) is 2. The van der Waals surface area contributed by atoms with Crippen LogP contribution in [0.15, 0.2) is 9.98 Å². The highest BCUT2D eigenvalue weighted by molar-refractivity contribution is 6.32. The minimum Gasteiger partial charge on any atom is -0.444 e. The van der Waals surface area contributed by atoms with E-state index in [4.69, 9.17) is 14.5 Å². The van der Waals surface area contributed by atoms with Crippen molar-refractivity contribution in [2.24, 2.45) is 9.98 Å². The van der Waals surface area contributed by atoms with E-state index in [2.05, 4.69) is 17.2 Å². The third kappa shape index (κ3) is 6.56. The van der Waals surface area contributed by atoms with Gasteiger partial charge in [-0.3, -0.25) is 9.98 Å². The van der Waals surface area contributed by atoms with Gasteiger partial charge in [-0.1, -0.05) is 13.3 Å². The van der Waals surface area contributed by atoms with Gasteiger partial charge in [-0.05, 0) is 33.6 Å². The van der Waals surface area contributed by atoms with E-state index in [1.54, 1.807) is 13.3 Å². The Morgan fingerprint density at radius 3 is 2.68 bits per heavy atom. The number of hydrogen-bond donors (Lipinski definition) is 1. The summed E-state index contributed by atoms with van der Waals surface area (Å²) in [5, 5.41) is 2.78. The van der Waals surface area contributed by atoms with Gasteiger partial charge < -0.3 is 14.8 Å². The number of rotatable bonds is 8. The van der Waals surface area contributed by atoms with E-state index in [1.807, 2.05) is 20.8 Å². The Balaban J connectivity index is 2.54. The second kappa shape index (κ2) is 8.27. The molecule has 6 nitrogen and oxygen atoms in total. The summed E-state index contributed by atoms with van der Waals surface area (Å²) >= 11 is 0. The lowest BCUT2D eigenvalue weighted by atomic mass is 10.0. The smallest absolute Gasteiger partial charge is 0.407 e. The summed E-state index contributed by atoms with van der Waals surface area (Å²) in [6.45, 7) is 8.63. The molecule has 1 atom stereocenters. The Hall–Kier alpha value is -1.43. The molecule has 0 saturated heterocycles. The van der Waals surface area contributed by atoms with E-state index in [-0.39, 0.29) is 0 Å². The van der Waals surface area contributed by atoms with Gasteiger partial charge in [-0.25, -0.2) is 4.79 Å². The lowest BCUT2D eigenvalue weighted by Gasteiger charge is -2.24. The number of nitrogens with zero attached hydrogens (tertiary/aromatic N) is 2. The van der Waals surface area contributed by atoms with Gasteiger partial charge in [-0.2, -0.15) is 0 Å². The Bertz CT molecular complexity index is 427. The van der Waals surface area contributed by atoms with Crippen LogP contribution >= 0.6 is 0 Å². The molecule has 0 spiro atoms. The summed E-state index contributed by atoms with van der Waals surface area (Å²) in [6.07, 6.45) is 5.06. The third-order valence-corrected chi connectivity index (χ3v) is 3.22. The van der Waals surface area contributed by atoms with E-state index in [1.165, 1.54) is 0 Å². The lowest BCUT2D eigenvalue weighted by Crippen LogP contribution is -2.36. The van der Waals surface area contributed by atoms with E-state index >= 15 is 0 Å². The van der Waals surface area contributed by atoms with Crippen LogP contribution < -0.4 is 5.32 Å². The van der Waals surface area contributed by atoms with Gasteiger partial charge in [0, 0.05) is 26.3 Å². The fourth-order valence-corrected chi connectivity index (χ4v) is 2.24. The van der Waals surface area contributed by atoms with Crippen molar-refractivity contribution in [2.45, 2.75) is 64.6 Å². The van der Waals surface area contributed by atoms with Crippen molar-refractivity contribution in [3.63, 3.8) is 0 Å². The van der Waals surface area contributed by atoms with Crippen molar-refractivity contribution in [3.8, 4) is 0 Å². The molecule has 126 valence electrons. The maximum absolute atomic E-state index is 11.7. The quantitative estimate of drug-likeness (QED) is 0.749. The van der Waals surface area contributed by atoms with Crippen LogP contribution in [0.1, 0.15) is 53.4 Å². The molecule has 0 aliphatic carbocycles. The Labute approximate surface area is 133 Å². The number of aliphatic imine (C=N–C) groups is 2. The van der Waals surface area contributed by atoms with Gasteiger partial charge in [0.15, 0.2) is 5.66 Å². The van der Waals surface area contributed by atoms with Crippen LogP contribution in [0.5, 0.6) is 0 Å². The summed E-state index contributed by atoms with van der Waals surface area (Å²) < 4.78 is 10.3. The molecule has 1 heterocycles. The van der Waals surface area contributed by atoms with Crippen molar-refractivity contribution in [1.29, 1.82) is 0 Å². The SMILES string of the molecule is CCCCC1(CCNC(=O)OC(C)(C)C)N=CC(COC)=N1. The highest BCUT2D eigenvalue weighted by Gasteiger charge is 2.31. The van der Waals surface area contributed by atoms with Crippen LogP contribution in [0.3, 0.4) is 0 Å². The molecule has 1 amide bonds. The number of carbonyl (C=O) groups excluding carboxylic acids is 1. The summed E-state index contributed by atoms with van der Waals surface area (Å²) in [5.41, 5.74) is -0.0890. The molecule has 0 aromatic carbocycles. The maximum atomic E-state index is 11.7. The van der Waals surface area contributed by atoms with Crippen molar-refractivity contribution in [3.05, 3.63) is 0 Å². The van der Waals surface area contributed by atoms with Gasteiger partial charge in [-0.15, -0.1) is 0 Å². The third-order valence-electron chi connectivity index (χ3n) is 3.22. The van der Waals surface area contributed by atoms with Crippen LogP contribution in [0.2, 0.25) is 0 Å². The first kappa shape index (κ1) is 18.6. The summed E-state index contributed by atoms with van der Waals surface area (Å²) in [5.74, 6) is 0. The number of nitrogens with one attached hydrogen (secondary N) is 1. The van der Waals surface area contributed by atoms with Crippen LogP contribution in [-0.4, -0.2) is 49.5 Å². The molecule has 1 N–H and O–H groups in total. The average molecular weight is 311 g/mol. The lowest BCUT2D eigenvalue weighted by molar-refractivity contribution is 0.0524. The van der Waals surface area contributed by atoms with Gasteiger partial charge in [0.2, 0.25) is 0 Å². The van der Waals surface area contributed by atoms with E-state index < -0.39 is 17.4 Å². The van der Waals surface area contributed by atoms with Gasteiger partial charge in [0.1, 0.15) is 5.60 Å². The number of carbonyl (C=O) groups is 1. The number of unbranched alkanes of at least 4 members (excludes halogenated alkanes) is 1. The van der Waals surface area contributed by atoms with Crippen LogP contribution in [-0.2, 0) is 9.47 Å². The second-order valence-corrected chi connectivity index (χ2v) is 6.56. The number of methoxy groups -OCH3 is 1. The molecule has 1 aliphatic heterocycles. The van der Waals surface area contributed by atoms with Crippen LogP contribution in [0.25, 0.3) is 0 Å². The van der Waals surface area contributed by atoms with Crippen molar-refractivity contribution in [2.75, 3.05) is 20.3 Å². The predicted molar refractivity (Wildman–Crippen MR) is 88.9 cm³/mol. The zero-order valence-corrected chi connectivity index (χ0v) is 14.4. The van der Waals surface area contributed by atoms with Crippen molar-refractivity contribution in [1.82, 2.24) is 5.32 Å². The highest BCUT2D eigenvalue weighted by Crippen LogP contribution is 2.28. The van der Waals surface area contributed by atoms with Gasteiger partial charge in [0.25, 0.3) is 0 Å². The standard InChI is InChI=1S/C16H29N3O3/c1-6-7-8-16(18-11-13(19-16)12-21-5)9-10-17-14(20)22-15(2,3)4/h11H,6-10,12H2,1-5H3,(H,17,20). The maximum Gasteiger partial charge on any atom is 0.407 e. The van der Waals surface area contributed by atoms with E-state index in [0.29, 0.717) is 19.6 Å². The number of hydrogen-bond acceptors (Lipinski definition) is 5. The molecule has 22 heavy (non-hydrogen) atoms. The molecular formula is C16H29N3O3. The van der Waals surface area contributed by atoms with Crippen LogP contribution in [0.4, 0.5) is 4.79 Å². The summed E-state index contributed by atoms with van der Waals surface area (Å²) in [7, 11) is 1.65. The first-order chi connectivity index (χ1) is 10.3. The van der Waals surface area contributed by atoms with Gasteiger partial charge in [0.05, 0.1) is 12.3 Å². The first-order valence-corrected chi connectivity index (χ1v) is 7.90.